The number of unbranched alkanes of at least 4 members (excludes halogenated alkanes) is 1. The lowest BCUT2D eigenvalue weighted by Crippen LogP contribution is -1.96. The maximum absolute atomic E-state index is 11.7. The number of hydrogen-bond acceptors (Lipinski definition) is 3. The highest BCUT2D eigenvalue weighted by atomic mass is 16.5. The molecule has 0 aliphatic carbocycles. The van der Waals surface area contributed by atoms with Gasteiger partial charge in [-0.15, -0.1) is 0 Å². The van der Waals surface area contributed by atoms with E-state index in [1.165, 1.54) is 5.56 Å². The molecule has 0 aliphatic rings. The molecule has 0 saturated carbocycles. The van der Waals surface area contributed by atoms with E-state index in [-0.39, 0.29) is 5.78 Å². The number of carbonyl (C=O) groups is 1. The van der Waals surface area contributed by atoms with Gasteiger partial charge in [-0.05, 0) is 30.0 Å². The molecule has 22 heavy (non-hydrogen) atoms. The van der Waals surface area contributed by atoms with Crippen molar-refractivity contribution >= 4 is 11.9 Å². The third-order valence-corrected chi connectivity index (χ3v) is 3.39. The van der Waals surface area contributed by atoms with Gasteiger partial charge >= 0.3 is 0 Å². The summed E-state index contributed by atoms with van der Waals surface area (Å²) in [5, 5.41) is 0. The molecule has 0 fully saturated rings. The molecule has 1 aromatic carbocycles. The average Bonchev–Trinajstić information content (AvgIpc) is 3.04. The molecule has 1 heterocycles. The maximum Gasteiger partial charge on any atom is 0.155 e. The highest BCUT2D eigenvalue weighted by Crippen LogP contribution is 2.08. The Hall–Kier alpha value is -2.20. The fraction of sp³-hybridized carbons (Fsp3) is 0.333. The van der Waals surface area contributed by atoms with E-state index in [1.807, 2.05) is 29.0 Å². The highest BCUT2D eigenvalue weighted by Gasteiger charge is 1.98. The van der Waals surface area contributed by atoms with Crippen molar-refractivity contribution in [1.82, 2.24) is 9.55 Å². The number of rotatable bonds is 9. The van der Waals surface area contributed by atoms with E-state index >= 15 is 0 Å². The van der Waals surface area contributed by atoms with Gasteiger partial charge in [-0.3, -0.25) is 4.79 Å². The second-order valence-electron chi connectivity index (χ2n) is 5.23. The second kappa shape index (κ2) is 8.95. The van der Waals surface area contributed by atoms with Crippen LogP contribution >= 0.6 is 0 Å². The summed E-state index contributed by atoms with van der Waals surface area (Å²) < 4.78 is 6.99. The van der Waals surface area contributed by atoms with Crippen molar-refractivity contribution in [3.05, 3.63) is 60.2 Å². The van der Waals surface area contributed by atoms with Crippen molar-refractivity contribution in [3.8, 4) is 0 Å². The monoisotopic (exact) mass is 298 g/mol. The Kier molecular flexibility index (Phi) is 6.58. The van der Waals surface area contributed by atoms with E-state index in [9.17, 15) is 4.79 Å². The zero-order chi connectivity index (χ0) is 15.6. The van der Waals surface area contributed by atoms with E-state index in [0.29, 0.717) is 6.42 Å². The van der Waals surface area contributed by atoms with Crippen LogP contribution in [-0.2, 0) is 16.1 Å². The van der Waals surface area contributed by atoms with Crippen molar-refractivity contribution in [2.45, 2.75) is 25.8 Å². The molecule has 1 aromatic heterocycles. The molecule has 0 saturated heterocycles. The minimum atomic E-state index is 0.165. The van der Waals surface area contributed by atoms with Crippen molar-refractivity contribution in [2.24, 2.45) is 0 Å². The molecule has 0 spiro atoms. The minimum absolute atomic E-state index is 0.165. The Balaban J connectivity index is 1.80. The number of ketones is 1. The highest BCUT2D eigenvalue weighted by molar-refractivity contribution is 5.93. The summed E-state index contributed by atoms with van der Waals surface area (Å²) in [4.78, 5) is 15.7. The summed E-state index contributed by atoms with van der Waals surface area (Å²) in [6.07, 6.45) is 11.4. The SMILES string of the molecule is COCCCCC(=O)/C=C/c1ccc(Cn2ccnc2)cc1. The van der Waals surface area contributed by atoms with Crippen LogP contribution in [0.15, 0.2) is 49.1 Å². The van der Waals surface area contributed by atoms with E-state index < -0.39 is 0 Å². The Morgan fingerprint density at radius 3 is 2.77 bits per heavy atom. The molecule has 0 aliphatic heterocycles. The topological polar surface area (TPSA) is 44.1 Å². The van der Waals surface area contributed by atoms with Crippen LogP contribution in [0.25, 0.3) is 6.08 Å². The lowest BCUT2D eigenvalue weighted by Gasteiger charge is -2.03. The van der Waals surface area contributed by atoms with Gasteiger partial charge in [0.15, 0.2) is 5.78 Å². The molecular formula is C18H22N2O2. The molecule has 4 heteroatoms. The first-order chi connectivity index (χ1) is 10.8. The van der Waals surface area contributed by atoms with Crippen molar-refractivity contribution in [3.63, 3.8) is 0 Å². The van der Waals surface area contributed by atoms with E-state index in [1.54, 1.807) is 25.7 Å². The molecule has 0 N–H and O–H groups in total. The number of ether oxygens (including phenoxy) is 1. The van der Waals surface area contributed by atoms with Crippen LogP contribution in [-0.4, -0.2) is 29.1 Å². The standard InChI is InChI=1S/C18H22N2O2/c1-22-13-3-2-4-18(21)10-9-16-5-7-17(8-6-16)14-20-12-11-19-15-20/h5-12,15H,2-4,13-14H2,1H3/b10-9+. The Bertz CT molecular complexity index is 586. The molecular weight excluding hydrogens is 276 g/mol. The van der Waals surface area contributed by atoms with Gasteiger partial charge in [0, 0.05) is 39.1 Å². The zero-order valence-electron chi connectivity index (χ0n) is 12.9. The smallest absolute Gasteiger partial charge is 0.155 e. The summed E-state index contributed by atoms with van der Waals surface area (Å²) in [6, 6.07) is 8.20. The third-order valence-electron chi connectivity index (χ3n) is 3.39. The number of hydrogen-bond donors (Lipinski definition) is 0. The molecule has 0 atom stereocenters. The predicted molar refractivity (Wildman–Crippen MR) is 87.5 cm³/mol. The van der Waals surface area contributed by atoms with Crippen LogP contribution in [0.1, 0.15) is 30.4 Å². The van der Waals surface area contributed by atoms with E-state index in [2.05, 4.69) is 17.1 Å². The predicted octanol–water partition coefficient (Wildman–Crippen LogP) is 3.33. The molecule has 2 aromatic rings. The molecule has 116 valence electrons. The first-order valence-corrected chi connectivity index (χ1v) is 7.52. The largest absolute Gasteiger partial charge is 0.385 e. The maximum atomic E-state index is 11.7. The Morgan fingerprint density at radius 2 is 2.09 bits per heavy atom. The molecule has 2 rings (SSSR count). The second-order valence-corrected chi connectivity index (χ2v) is 5.23. The normalized spacial score (nSPS) is 11.1. The van der Waals surface area contributed by atoms with Crippen LogP contribution in [0.5, 0.6) is 0 Å². The summed E-state index contributed by atoms with van der Waals surface area (Å²) >= 11 is 0. The Labute approximate surface area is 131 Å². The van der Waals surface area contributed by atoms with Gasteiger partial charge in [0.2, 0.25) is 0 Å². The Morgan fingerprint density at radius 1 is 1.27 bits per heavy atom. The molecule has 0 radical (unpaired) electrons. The van der Waals surface area contributed by atoms with Gasteiger partial charge in [0.1, 0.15) is 0 Å². The summed E-state index contributed by atoms with van der Waals surface area (Å²) in [5.41, 5.74) is 2.25. The number of nitrogens with zero attached hydrogens (tertiary/aromatic N) is 2. The van der Waals surface area contributed by atoms with Crippen molar-refractivity contribution < 1.29 is 9.53 Å². The van der Waals surface area contributed by atoms with E-state index in [4.69, 9.17) is 4.74 Å². The first kappa shape index (κ1) is 16.2. The van der Waals surface area contributed by atoms with Crippen molar-refractivity contribution in [1.29, 1.82) is 0 Å². The number of benzene rings is 1. The van der Waals surface area contributed by atoms with Gasteiger partial charge in [-0.1, -0.05) is 30.3 Å². The van der Waals surface area contributed by atoms with Crippen LogP contribution < -0.4 is 0 Å². The summed E-state index contributed by atoms with van der Waals surface area (Å²) in [5.74, 6) is 0.165. The van der Waals surface area contributed by atoms with Gasteiger partial charge in [0.05, 0.1) is 6.33 Å². The minimum Gasteiger partial charge on any atom is -0.385 e. The zero-order valence-corrected chi connectivity index (χ0v) is 12.9. The fourth-order valence-corrected chi connectivity index (χ4v) is 2.14. The van der Waals surface area contributed by atoms with Crippen LogP contribution in [0.2, 0.25) is 0 Å². The third kappa shape index (κ3) is 5.66. The summed E-state index contributed by atoms with van der Waals surface area (Å²) in [6.45, 7) is 1.53. The van der Waals surface area contributed by atoms with Gasteiger partial charge < -0.3 is 9.30 Å². The lowest BCUT2D eigenvalue weighted by molar-refractivity contribution is -0.114. The molecule has 0 amide bonds. The van der Waals surface area contributed by atoms with Gasteiger partial charge in [-0.25, -0.2) is 4.98 Å². The quantitative estimate of drug-likeness (QED) is 0.527. The average molecular weight is 298 g/mol. The van der Waals surface area contributed by atoms with Crippen LogP contribution in [0, 0.1) is 0 Å². The summed E-state index contributed by atoms with van der Waals surface area (Å²) in [7, 11) is 1.68. The lowest BCUT2D eigenvalue weighted by atomic mass is 10.1. The van der Waals surface area contributed by atoms with Gasteiger partial charge in [0.25, 0.3) is 0 Å². The first-order valence-electron chi connectivity index (χ1n) is 7.52. The molecule has 0 unspecified atom stereocenters. The number of allylic oxidation sites excluding steroid dienone is 1. The number of aromatic nitrogens is 2. The fourth-order valence-electron chi connectivity index (χ4n) is 2.14. The van der Waals surface area contributed by atoms with E-state index in [0.717, 1.165) is 31.6 Å². The number of imidazole rings is 1. The van der Waals surface area contributed by atoms with Crippen LogP contribution in [0.3, 0.4) is 0 Å². The molecule has 4 nitrogen and oxygen atoms in total. The van der Waals surface area contributed by atoms with Crippen molar-refractivity contribution in [2.75, 3.05) is 13.7 Å². The molecule has 0 bridgehead atoms. The van der Waals surface area contributed by atoms with Gasteiger partial charge in [-0.2, -0.15) is 0 Å². The number of carbonyl (C=O) groups excluding carboxylic acids is 1. The van der Waals surface area contributed by atoms with Crippen LogP contribution in [0.4, 0.5) is 0 Å². The number of methoxy groups -OCH3 is 1.